The van der Waals surface area contributed by atoms with E-state index in [1.165, 1.54) is 25.3 Å². The number of carbonyl (C=O) groups is 4. The number of aliphatic hydroxyl groups is 1. The molecular weight excluding hydrogens is 731 g/mol. The molecule has 1 aliphatic heterocycles. The van der Waals surface area contributed by atoms with Crippen LogP contribution in [0.15, 0.2) is 66.7 Å². The standard InChI is InChI=1S/C42H59N7O8/c1-9-28(2)37(48-21-20-46(40(48)54)25-32-17-13-14-29(3)43-32)38(52)44-33(22-30-15-11-10-12-16-30)35(51)26-47(24-31-18-19-34(50)36(23-31)56-7)45-39(53)49(41(55)57-8)27-42(4,5)6/h10-19,23,28,33,35,37,50-51H,9,20-22,24-27H2,1-8H3,(H,44,52)(H,45,53). The number of aryl methyl sites for hydroxylation is 1. The number of aromatic hydroxyl groups is 1. The van der Waals surface area contributed by atoms with Gasteiger partial charge in [0.25, 0.3) is 0 Å². The number of phenolic OH excluding ortho intramolecular Hbond substituents is 1. The smallest absolute Gasteiger partial charge is 0.417 e. The molecule has 4 atom stereocenters. The average molecular weight is 790 g/mol. The van der Waals surface area contributed by atoms with Crippen molar-refractivity contribution in [3.63, 3.8) is 0 Å². The second-order valence-electron chi connectivity index (χ2n) is 15.8. The summed E-state index contributed by atoms with van der Waals surface area (Å²) in [5.74, 6) is -0.493. The Balaban J connectivity index is 1.63. The van der Waals surface area contributed by atoms with Gasteiger partial charge in [0.2, 0.25) is 5.91 Å². The van der Waals surface area contributed by atoms with Crippen LogP contribution in [0.1, 0.15) is 63.6 Å². The van der Waals surface area contributed by atoms with Crippen LogP contribution in [0.2, 0.25) is 0 Å². The minimum atomic E-state index is -1.28. The van der Waals surface area contributed by atoms with Crippen molar-refractivity contribution in [2.24, 2.45) is 11.3 Å². The minimum absolute atomic E-state index is 0.0133. The van der Waals surface area contributed by atoms with Crippen LogP contribution >= 0.6 is 0 Å². The van der Waals surface area contributed by atoms with Crippen molar-refractivity contribution in [1.29, 1.82) is 0 Å². The van der Waals surface area contributed by atoms with Gasteiger partial charge < -0.3 is 34.8 Å². The lowest BCUT2D eigenvalue weighted by Gasteiger charge is -2.35. The number of aromatic nitrogens is 1. The van der Waals surface area contributed by atoms with Gasteiger partial charge in [0.05, 0.1) is 38.6 Å². The van der Waals surface area contributed by atoms with Crippen molar-refractivity contribution in [2.45, 2.75) is 85.7 Å². The van der Waals surface area contributed by atoms with Crippen LogP contribution in [-0.4, -0.2) is 118 Å². The number of imide groups is 1. The topological polar surface area (TPSA) is 177 Å². The van der Waals surface area contributed by atoms with Gasteiger partial charge in [-0.15, -0.1) is 0 Å². The van der Waals surface area contributed by atoms with E-state index in [0.29, 0.717) is 31.6 Å². The third kappa shape index (κ3) is 12.5. The van der Waals surface area contributed by atoms with E-state index in [9.17, 15) is 29.4 Å². The first kappa shape index (κ1) is 44.3. The van der Waals surface area contributed by atoms with Crippen molar-refractivity contribution in [3.8, 4) is 11.5 Å². The molecule has 4 rings (SSSR count). The van der Waals surface area contributed by atoms with Gasteiger partial charge in [-0.05, 0) is 60.1 Å². The fourth-order valence-electron chi connectivity index (χ4n) is 6.78. The van der Waals surface area contributed by atoms with Crippen LogP contribution in [0.5, 0.6) is 11.5 Å². The Morgan fingerprint density at radius 3 is 2.35 bits per heavy atom. The van der Waals surface area contributed by atoms with Crippen molar-refractivity contribution >= 4 is 24.1 Å². The lowest BCUT2D eigenvalue weighted by atomic mass is 9.95. The summed E-state index contributed by atoms with van der Waals surface area (Å²) in [7, 11) is 2.61. The predicted octanol–water partition coefficient (Wildman–Crippen LogP) is 5.09. The highest BCUT2D eigenvalue weighted by molar-refractivity contribution is 5.90. The number of methoxy groups -OCH3 is 2. The quantitative estimate of drug-likeness (QED) is 0.135. The molecule has 0 bridgehead atoms. The molecule has 3 aromatic rings. The van der Waals surface area contributed by atoms with Crippen LogP contribution in [0, 0.1) is 18.3 Å². The zero-order chi connectivity index (χ0) is 41.9. The second-order valence-corrected chi connectivity index (χ2v) is 15.8. The number of amides is 6. The number of phenols is 1. The highest BCUT2D eigenvalue weighted by atomic mass is 16.5. The second kappa shape index (κ2) is 20.1. The molecular formula is C42H59N7O8. The van der Waals surface area contributed by atoms with Gasteiger partial charge in [-0.25, -0.2) is 24.3 Å². The predicted molar refractivity (Wildman–Crippen MR) is 215 cm³/mol. The number of aliphatic hydroxyl groups excluding tert-OH is 1. The summed E-state index contributed by atoms with van der Waals surface area (Å²) in [6.07, 6.45) is -1.29. The third-order valence-corrected chi connectivity index (χ3v) is 9.86. The van der Waals surface area contributed by atoms with Crippen LogP contribution < -0.4 is 15.5 Å². The summed E-state index contributed by atoms with van der Waals surface area (Å²) in [4.78, 5) is 63.7. The normalized spacial score (nSPS) is 15.2. The maximum absolute atomic E-state index is 14.5. The number of pyridine rings is 1. The van der Waals surface area contributed by atoms with E-state index in [-0.39, 0.29) is 49.5 Å². The molecule has 1 aromatic heterocycles. The lowest BCUT2D eigenvalue weighted by molar-refractivity contribution is -0.128. The molecule has 1 saturated heterocycles. The molecule has 2 aromatic carbocycles. The Morgan fingerprint density at radius 1 is 1.00 bits per heavy atom. The van der Waals surface area contributed by atoms with E-state index in [2.05, 4.69) is 15.7 Å². The summed E-state index contributed by atoms with van der Waals surface area (Å²) >= 11 is 0. The highest BCUT2D eigenvalue weighted by Crippen LogP contribution is 2.27. The molecule has 15 heteroatoms. The molecule has 57 heavy (non-hydrogen) atoms. The van der Waals surface area contributed by atoms with Gasteiger partial charge in [0.15, 0.2) is 11.5 Å². The molecule has 1 aliphatic rings. The molecule has 6 amide bonds. The fraction of sp³-hybridized carbons (Fsp3) is 0.500. The number of hydrogen-bond acceptors (Lipinski definition) is 10. The third-order valence-electron chi connectivity index (χ3n) is 9.86. The van der Waals surface area contributed by atoms with Gasteiger partial charge in [-0.3, -0.25) is 15.2 Å². The van der Waals surface area contributed by atoms with E-state index in [4.69, 9.17) is 9.47 Å². The van der Waals surface area contributed by atoms with Gasteiger partial charge in [0, 0.05) is 38.4 Å². The Kier molecular flexibility index (Phi) is 15.7. The number of urea groups is 2. The Labute approximate surface area is 335 Å². The summed E-state index contributed by atoms with van der Waals surface area (Å²) in [5, 5.41) is 26.8. The number of nitrogens with one attached hydrogen (secondary N) is 2. The number of nitrogens with zero attached hydrogens (tertiary/aromatic N) is 5. The highest BCUT2D eigenvalue weighted by Gasteiger charge is 2.41. The van der Waals surface area contributed by atoms with Gasteiger partial charge in [-0.1, -0.05) is 83.5 Å². The van der Waals surface area contributed by atoms with E-state index >= 15 is 0 Å². The molecule has 4 N–H and O–H groups in total. The molecule has 0 aliphatic carbocycles. The van der Waals surface area contributed by atoms with Gasteiger partial charge >= 0.3 is 18.2 Å². The van der Waals surface area contributed by atoms with Crippen molar-refractivity contribution in [2.75, 3.05) is 40.4 Å². The first-order valence-electron chi connectivity index (χ1n) is 19.3. The van der Waals surface area contributed by atoms with Crippen LogP contribution in [0.3, 0.4) is 0 Å². The number of benzene rings is 2. The van der Waals surface area contributed by atoms with Crippen LogP contribution in [0.25, 0.3) is 0 Å². The molecule has 2 heterocycles. The van der Waals surface area contributed by atoms with Crippen LogP contribution in [-0.2, 0) is 29.0 Å². The maximum Gasteiger partial charge on any atom is 0.417 e. The molecule has 310 valence electrons. The monoisotopic (exact) mass is 789 g/mol. The summed E-state index contributed by atoms with van der Waals surface area (Å²) < 4.78 is 10.2. The van der Waals surface area contributed by atoms with Gasteiger partial charge in [0.1, 0.15) is 6.04 Å². The molecule has 4 unspecified atom stereocenters. The summed E-state index contributed by atoms with van der Waals surface area (Å²) in [6.45, 7) is 12.4. The van der Waals surface area contributed by atoms with Crippen molar-refractivity contribution in [3.05, 3.63) is 89.2 Å². The zero-order valence-corrected chi connectivity index (χ0v) is 34.4. The maximum atomic E-state index is 14.5. The zero-order valence-electron chi connectivity index (χ0n) is 34.4. The minimum Gasteiger partial charge on any atom is -0.504 e. The van der Waals surface area contributed by atoms with Crippen molar-refractivity contribution < 1.29 is 38.9 Å². The Bertz CT molecular complexity index is 1820. The lowest BCUT2D eigenvalue weighted by Crippen LogP contribution is -2.59. The number of carbonyl (C=O) groups excluding carboxylic acids is 4. The molecule has 0 saturated carbocycles. The summed E-state index contributed by atoms with van der Waals surface area (Å²) in [5.41, 5.74) is 5.36. The van der Waals surface area contributed by atoms with E-state index in [1.807, 2.05) is 90.1 Å². The first-order chi connectivity index (χ1) is 27.0. The SMILES string of the molecule is CCC(C)C(C(=O)NC(Cc1ccccc1)C(O)CN(Cc1ccc(O)c(OC)c1)NC(=O)N(CC(C)(C)C)C(=O)OC)N1CCN(Cc2cccc(C)n2)C1=O. The largest absolute Gasteiger partial charge is 0.504 e. The molecule has 15 nitrogen and oxygen atoms in total. The Morgan fingerprint density at radius 2 is 1.72 bits per heavy atom. The average Bonchev–Trinajstić information content (AvgIpc) is 3.51. The molecule has 0 radical (unpaired) electrons. The van der Waals surface area contributed by atoms with Crippen LogP contribution in [0.4, 0.5) is 14.4 Å². The number of hydrazine groups is 1. The number of rotatable bonds is 17. The Hall–Kier alpha value is -5.41. The van der Waals surface area contributed by atoms with Gasteiger partial charge in [-0.2, -0.15) is 0 Å². The number of hydrogen-bond donors (Lipinski definition) is 4. The number of ether oxygens (including phenoxy) is 2. The molecule has 1 fully saturated rings. The van der Waals surface area contributed by atoms with Crippen molar-refractivity contribution in [1.82, 2.24) is 35.4 Å². The van der Waals surface area contributed by atoms with E-state index < -0.39 is 41.6 Å². The van der Waals surface area contributed by atoms with E-state index in [1.54, 1.807) is 21.9 Å². The molecule has 0 spiro atoms. The fourth-order valence-corrected chi connectivity index (χ4v) is 6.78. The summed E-state index contributed by atoms with van der Waals surface area (Å²) in [6, 6.07) is 17.0. The van der Waals surface area contributed by atoms with E-state index in [0.717, 1.165) is 21.9 Å². The first-order valence-corrected chi connectivity index (χ1v) is 19.3.